The van der Waals surface area contributed by atoms with Gasteiger partial charge >= 0.3 is 6.03 Å². The van der Waals surface area contributed by atoms with Crippen LogP contribution in [0.15, 0.2) is 29.8 Å². The third-order valence-corrected chi connectivity index (χ3v) is 4.60. The molecule has 23 heavy (non-hydrogen) atoms. The Kier molecular flexibility index (Phi) is 5.07. The highest BCUT2D eigenvalue weighted by atomic mass is 32.1. The molecule has 0 radical (unpaired) electrons. The molecule has 0 spiro atoms. The monoisotopic (exact) mass is 331 g/mol. The third-order valence-electron chi connectivity index (χ3n) is 4.00. The van der Waals surface area contributed by atoms with Crippen LogP contribution in [0.5, 0.6) is 0 Å². The minimum atomic E-state index is -0.179. The zero-order valence-corrected chi connectivity index (χ0v) is 14.1. The summed E-state index contributed by atoms with van der Waals surface area (Å²) >= 11 is 1.31. The molecule has 1 aliphatic rings. The number of nitrogens with zero attached hydrogens (tertiary/aromatic N) is 4. The van der Waals surface area contributed by atoms with Crippen LogP contribution in [0.3, 0.4) is 0 Å². The molecular weight excluding hydrogens is 310 g/mol. The average molecular weight is 331 g/mol. The fourth-order valence-electron chi connectivity index (χ4n) is 2.72. The topological polar surface area (TPSA) is 61.4 Å². The first kappa shape index (κ1) is 15.7. The number of carbonyl (C=O) groups excluding carboxylic acids is 1. The molecule has 2 heterocycles. The maximum absolute atomic E-state index is 12.1. The van der Waals surface area contributed by atoms with Crippen molar-refractivity contribution in [2.45, 2.75) is 25.8 Å². The number of piperidine rings is 1. The number of carbonyl (C=O) groups is 1. The predicted octanol–water partition coefficient (Wildman–Crippen LogP) is 3.19. The molecule has 6 nitrogen and oxygen atoms in total. The van der Waals surface area contributed by atoms with Gasteiger partial charge in [0, 0.05) is 32.4 Å². The zero-order valence-electron chi connectivity index (χ0n) is 13.2. The molecule has 122 valence electrons. The van der Waals surface area contributed by atoms with Gasteiger partial charge in [-0.05, 0) is 37.0 Å². The predicted molar refractivity (Wildman–Crippen MR) is 92.9 cm³/mol. The second-order valence-corrected chi connectivity index (χ2v) is 6.58. The van der Waals surface area contributed by atoms with E-state index in [-0.39, 0.29) is 6.03 Å². The van der Waals surface area contributed by atoms with Gasteiger partial charge < -0.3 is 9.80 Å². The van der Waals surface area contributed by atoms with Crippen molar-refractivity contribution in [2.24, 2.45) is 0 Å². The van der Waals surface area contributed by atoms with Gasteiger partial charge in [-0.15, -0.1) is 10.2 Å². The Hall–Kier alpha value is -2.15. The van der Waals surface area contributed by atoms with Crippen LogP contribution in [0.2, 0.25) is 0 Å². The van der Waals surface area contributed by atoms with Gasteiger partial charge in [0.05, 0.1) is 0 Å². The molecule has 2 amide bonds. The molecule has 1 aromatic heterocycles. The van der Waals surface area contributed by atoms with Gasteiger partial charge in [-0.2, -0.15) is 0 Å². The molecule has 1 aliphatic heterocycles. The van der Waals surface area contributed by atoms with E-state index in [1.54, 1.807) is 17.5 Å². The SMILES string of the molecule is CN(Cc1ccc(N2CCCCC2)cc1)C(=O)Nc1nncs1. The molecule has 1 aromatic carbocycles. The Morgan fingerprint density at radius 2 is 2.00 bits per heavy atom. The molecule has 1 N–H and O–H groups in total. The lowest BCUT2D eigenvalue weighted by Gasteiger charge is -2.29. The molecule has 3 rings (SSSR count). The lowest BCUT2D eigenvalue weighted by molar-refractivity contribution is 0.220. The van der Waals surface area contributed by atoms with E-state index < -0.39 is 0 Å². The first-order valence-corrected chi connectivity index (χ1v) is 8.72. The second-order valence-electron chi connectivity index (χ2n) is 5.74. The minimum absolute atomic E-state index is 0.179. The quantitative estimate of drug-likeness (QED) is 0.934. The van der Waals surface area contributed by atoms with Gasteiger partial charge in [0.25, 0.3) is 0 Å². The fraction of sp³-hybridized carbons (Fsp3) is 0.438. The van der Waals surface area contributed by atoms with Crippen LogP contribution in [0.1, 0.15) is 24.8 Å². The van der Waals surface area contributed by atoms with Gasteiger partial charge in [0.2, 0.25) is 5.13 Å². The van der Waals surface area contributed by atoms with Crippen molar-refractivity contribution in [1.29, 1.82) is 0 Å². The van der Waals surface area contributed by atoms with Crippen LogP contribution < -0.4 is 10.2 Å². The van der Waals surface area contributed by atoms with Crippen molar-refractivity contribution in [1.82, 2.24) is 15.1 Å². The van der Waals surface area contributed by atoms with Crippen LogP contribution >= 0.6 is 11.3 Å². The molecule has 0 atom stereocenters. The maximum atomic E-state index is 12.1. The van der Waals surface area contributed by atoms with E-state index in [1.165, 1.54) is 36.3 Å². The van der Waals surface area contributed by atoms with Crippen molar-refractivity contribution >= 4 is 28.2 Å². The van der Waals surface area contributed by atoms with Crippen molar-refractivity contribution < 1.29 is 4.79 Å². The van der Waals surface area contributed by atoms with Crippen LogP contribution in [-0.4, -0.2) is 41.3 Å². The van der Waals surface area contributed by atoms with Gasteiger partial charge in [-0.1, -0.05) is 23.5 Å². The normalized spacial score (nSPS) is 14.6. The number of benzene rings is 1. The summed E-state index contributed by atoms with van der Waals surface area (Å²) in [4.78, 5) is 16.1. The molecule has 0 unspecified atom stereocenters. The van der Waals surface area contributed by atoms with Crippen molar-refractivity contribution in [3.63, 3.8) is 0 Å². The van der Waals surface area contributed by atoms with E-state index >= 15 is 0 Å². The number of hydrogen-bond acceptors (Lipinski definition) is 5. The Bertz CT molecular complexity index is 622. The Labute approximate surface area is 140 Å². The molecule has 7 heteroatoms. The second kappa shape index (κ2) is 7.41. The van der Waals surface area contributed by atoms with E-state index in [9.17, 15) is 4.79 Å². The minimum Gasteiger partial charge on any atom is -0.372 e. The summed E-state index contributed by atoms with van der Waals surface area (Å²) < 4.78 is 0. The number of anilines is 2. The highest BCUT2D eigenvalue weighted by Crippen LogP contribution is 2.20. The summed E-state index contributed by atoms with van der Waals surface area (Å²) in [7, 11) is 1.77. The molecule has 0 aliphatic carbocycles. The number of rotatable bonds is 4. The summed E-state index contributed by atoms with van der Waals surface area (Å²) in [5.74, 6) is 0. The van der Waals surface area contributed by atoms with E-state index in [2.05, 4.69) is 44.7 Å². The van der Waals surface area contributed by atoms with Crippen LogP contribution in [0, 0.1) is 0 Å². The number of aromatic nitrogens is 2. The smallest absolute Gasteiger partial charge is 0.323 e. The number of nitrogens with one attached hydrogen (secondary N) is 1. The van der Waals surface area contributed by atoms with E-state index in [0.29, 0.717) is 11.7 Å². The van der Waals surface area contributed by atoms with Crippen LogP contribution in [0.4, 0.5) is 15.6 Å². The van der Waals surface area contributed by atoms with Crippen LogP contribution in [0.25, 0.3) is 0 Å². The lowest BCUT2D eigenvalue weighted by Crippen LogP contribution is -2.31. The first-order valence-electron chi connectivity index (χ1n) is 7.84. The van der Waals surface area contributed by atoms with Crippen LogP contribution in [-0.2, 0) is 6.54 Å². The number of hydrogen-bond donors (Lipinski definition) is 1. The van der Waals surface area contributed by atoms with E-state index in [4.69, 9.17) is 0 Å². The van der Waals surface area contributed by atoms with Crippen molar-refractivity contribution in [3.05, 3.63) is 35.3 Å². The highest BCUT2D eigenvalue weighted by molar-refractivity contribution is 7.13. The summed E-state index contributed by atoms with van der Waals surface area (Å²) in [5, 5.41) is 10.8. The Morgan fingerprint density at radius 1 is 1.26 bits per heavy atom. The number of urea groups is 1. The van der Waals surface area contributed by atoms with E-state index in [0.717, 1.165) is 18.7 Å². The zero-order chi connectivity index (χ0) is 16.1. The molecule has 1 saturated heterocycles. The lowest BCUT2D eigenvalue weighted by atomic mass is 10.1. The summed E-state index contributed by atoms with van der Waals surface area (Å²) in [5.41, 5.74) is 3.98. The Morgan fingerprint density at radius 3 is 2.65 bits per heavy atom. The summed E-state index contributed by atoms with van der Waals surface area (Å²) in [6.45, 7) is 2.85. The highest BCUT2D eigenvalue weighted by Gasteiger charge is 2.13. The Balaban J connectivity index is 1.55. The maximum Gasteiger partial charge on any atom is 0.323 e. The summed E-state index contributed by atoms with van der Waals surface area (Å²) in [6.07, 6.45) is 3.88. The molecule has 0 saturated carbocycles. The van der Waals surface area contributed by atoms with Gasteiger partial charge in [-0.25, -0.2) is 4.79 Å². The van der Waals surface area contributed by atoms with Gasteiger partial charge in [0.15, 0.2) is 0 Å². The summed E-state index contributed by atoms with van der Waals surface area (Å²) in [6, 6.07) is 8.31. The molecular formula is C16H21N5OS. The molecule has 1 fully saturated rings. The first-order chi connectivity index (χ1) is 11.2. The van der Waals surface area contributed by atoms with Gasteiger partial charge in [0.1, 0.15) is 5.51 Å². The third kappa shape index (κ3) is 4.19. The molecule has 2 aromatic rings. The largest absolute Gasteiger partial charge is 0.372 e. The van der Waals surface area contributed by atoms with Crippen molar-refractivity contribution in [2.75, 3.05) is 30.4 Å². The number of amides is 2. The van der Waals surface area contributed by atoms with E-state index in [1.807, 2.05) is 0 Å². The standard InChI is InChI=1S/C16H21N5OS/c1-20(16(22)18-15-19-17-12-23-15)11-13-5-7-14(8-6-13)21-9-3-2-4-10-21/h5-8,12H,2-4,9-11H2,1H3,(H,18,19,22). The van der Waals surface area contributed by atoms with Gasteiger partial charge in [-0.3, -0.25) is 5.32 Å². The fourth-order valence-corrected chi connectivity index (χ4v) is 3.16. The van der Waals surface area contributed by atoms with Crippen molar-refractivity contribution in [3.8, 4) is 0 Å². The average Bonchev–Trinajstić information content (AvgIpc) is 3.09. The molecule has 0 bridgehead atoms.